The summed E-state index contributed by atoms with van der Waals surface area (Å²) >= 11 is 0. The fourth-order valence-corrected chi connectivity index (χ4v) is 15.3. The number of carbonyl (C=O) groups excluding carboxylic acids is 3. The predicted octanol–water partition coefficient (Wildman–Crippen LogP) is 4.15. The number of anilines is 1. The maximum absolute atomic E-state index is 15.7. The van der Waals surface area contributed by atoms with Gasteiger partial charge in [0, 0.05) is 84.4 Å². The molecule has 2 aliphatic carbocycles. The van der Waals surface area contributed by atoms with Gasteiger partial charge in [-0.15, -0.1) is 0 Å². The van der Waals surface area contributed by atoms with E-state index < -0.39 is 69.1 Å². The molecule has 7 heterocycles. The van der Waals surface area contributed by atoms with Gasteiger partial charge in [0.05, 0.1) is 38.5 Å². The van der Waals surface area contributed by atoms with Crippen LogP contribution in [0.25, 0.3) is 10.9 Å². The van der Waals surface area contributed by atoms with Crippen molar-refractivity contribution in [1.29, 1.82) is 0 Å². The van der Waals surface area contributed by atoms with E-state index in [2.05, 4.69) is 52.1 Å². The highest BCUT2D eigenvalue weighted by molar-refractivity contribution is 5.96. The van der Waals surface area contributed by atoms with Gasteiger partial charge in [-0.2, -0.15) is 0 Å². The number of aliphatic hydroxyl groups is 1. The molecule has 2 saturated carbocycles. The summed E-state index contributed by atoms with van der Waals surface area (Å²) in [6.45, 7) is 8.67. The average molecular weight is 821 g/mol. The van der Waals surface area contributed by atoms with Crippen molar-refractivity contribution in [2.45, 2.75) is 111 Å². The van der Waals surface area contributed by atoms with E-state index in [0.29, 0.717) is 43.2 Å². The van der Waals surface area contributed by atoms with Crippen LogP contribution in [0, 0.1) is 11.3 Å². The monoisotopic (exact) mass is 820 g/mol. The lowest BCUT2D eigenvalue weighted by Gasteiger charge is -2.63. The summed E-state index contributed by atoms with van der Waals surface area (Å²) in [7, 11) is 6.25. The van der Waals surface area contributed by atoms with Crippen molar-refractivity contribution in [3.63, 3.8) is 0 Å². The average Bonchev–Trinajstić information content (AvgIpc) is 4.04. The highest BCUT2D eigenvalue weighted by Gasteiger charge is 2.82. The zero-order valence-electron chi connectivity index (χ0n) is 35.6. The number of benzene rings is 2. The number of hydrogen-bond donors (Lipinski definition) is 2. The van der Waals surface area contributed by atoms with E-state index in [4.69, 9.17) is 23.7 Å². The molecule has 3 saturated heterocycles. The van der Waals surface area contributed by atoms with Crippen molar-refractivity contribution < 1.29 is 43.2 Å². The first-order valence-corrected chi connectivity index (χ1v) is 21.8. The third-order valence-electron chi connectivity index (χ3n) is 17.3. The van der Waals surface area contributed by atoms with Crippen LogP contribution >= 0.6 is 0 Å². The van der Waals surface area contributed by atoms with Crippen LogP contribution in [-0.2, 0) is 50.6 Å². The van der Waals surface area contributed by atoms with Crippen molar-refractivity contribution in [2.24, 2.45) is 11.3 Å². The number of rotatable bonds is 7. The van der Waals surface area contributed by atoms with Crippen LogP contribution in [0.4, 0.5) is 5.69 Å². The standard InChI is InChI=1S/C47H56N4O9/c1-8-42-23-27-24-51-19-15-29-28-13-10-11-14-32(28)48-35(29)46(40(53)57-6,39(60-42)45(27,51)25-42)31-21-30-33(22-34(31)56-5)49(4)37-44(30)17-20-50-18-12-16-43(9-2,36(44)50)38(59-26(3)52)47(37,55)41(54)58-7/h10-14,16,21-22,27,36-39,48,55H,8-9,15,17-20,23-25H2,1-7H3. The first kappa shape index (κ1) is 38.5. The number of hydrogen-bond acceptors (Lipinski definition) is 12. The second-order valence-corrected chi connectivity index (χ2v) is 19.1. The van der Waals surface area contributed by atoms with Gasteiger partial charge in [0.1, 0.15) is 11.9 Å². The minimum absolute atomic E-state index is 0.300. The Balaban J connectivity index is 1.25. The number of nitrogens with one attached hydrogen (secondary N) is 1. The van der Waals surface area contributed by atoms with E-state index >= 15 is 4.79 Å². The zero-order valence-corrected chi connectivity index (χ0v) is 35.6. The largest absolute Gasteiger partial charge is 0.496 e. The van der Waals surface area contributed by atoms with Gasteiger partial charge in [-0.1, -0.05) is 44.2 Å². The molecule has 2 bridgehead atoms. The Kier molecular flexibility index (Phi) is 7.93. The Morgan fingerprint density at radius 2 is 1.78 bits per heavy atom. The smallest absolute Gasteiger partial charge is 0.344 e. The molecule has 6 aliphatic heterocycles. The van der Waals surface area contributed by atoms with Crippen LogP contribution in [0.1, 0.15) is 75.3 Å². The molecular formula is C47H56N4O9. The number of para-hydroxylation sites is 1. The van der Waals surface area contributed by atoms with E-state index in [0.717, 1.165) is 72.2 Å². The lowest BCUT2D eigenvalue weighted by Crippen LogP contribution is -2.81. The number of fused-ring (bicyclic) bond motifs is 5. The second kappa shape index (κ2) is 12.4. The molecule has 318 valence electrons. The molecule has 2 aromatic carbocycles. The maximum Gasteiger partial charge on any atom is 0.344 e. The van der Waals surface area contributed by atoms with E-state index in [1.165, 1.54) is 21.1 Å². The summed E-state index contributed by atoms with van der Waals surface area (Å²) in [5, 5.41) is 14.5. The van der Waals surface area contributed by atoms with Crippen LogP contribution < -0.4 is 9.64 Å². The molecular weight excluding hydrogens is 765 g/mol. The van der Waals surface area contributed by atoms with Gasteiger partial charge >= 0.3 is 17.9 Å². The van der Waals surface area contributed by atoms with Crippen LogP contribution in [0.5, 0.6) is 5.75 Å². The van der Waals surface area contributed by atoms with Gasteiger partial charge in [-0.3, -0.25) is 19.4 Å². The molecule has 2 spiro atoms. The van der Waals surface area contributed by atoms with Gasteiger partial charge in [-0.25, -0.2) is 4.79 Å². The highest BCUT2D eigenvalue weighted by Crippen LogP contribution is 2.71. The van der Waals surface area contributed by atoms with Crippen LogP contribution in [0.2, 0.25) is 0 Å². The summed E-state index contributed by atoms with van der Waals surface area (Å²) in [6, 6.07) is 11.2. The summed E-state index contributed by atoms with van der Waals surface area (Å²) in [5.41, 5.74) is -1.48. The second-order valence-electron chi connectivity index (χ2n) is 19.1. The minimum Gasteiger partial charge on any atom is -0.496 e. The number of esters is 3. The van der Waals surface area contributed by atoms with Crippen LogP contribution in [-0.4, -0.2) is 133 Å². The van der Waals surface area contributed by atoms with Crippen LogP contribution in [0.3, 0.4) is 0 Å². The van der Waals surface area contributed by atoms with Crippen molar-refractivity contribution in [3.05, 3.63) is 70.9 Å². The number of H-pyrrole nitrogens is 1. The Bertz CT molecular complexity index is 2420. The van der Waals surface area contributed by atoms with Crippen LogP contribution in [0.15, 0.2) is 48.6 Å². The maximum atomic E-state index is 15.7. The number of nitrogens with zero attached hydrogens (tertiary/aromatic N) is 3. The molecule has 60 heavy (non-hydrogen) atoms. The molecule has 3 aromatic rings. The summed E-state index contributed by atoms with van der Waals surface area (Å²) < 4.78 is 31.8. The zero-order chi connectivity index (χ0) is 41.9. The SMILES string of the molecule is CCC12CC3CN4CCc5c([nH]c6ccccc56)C(C(=O)OC)(c5cc6c(cc5OC)N(C)C5C(O)(C(=O)OC)C(OC(C)=O)C7(CC)C=CCN8CCC65C87)C(O1)C34C2. The fraction of sp³-hybridized carbons (Fsp3) is 0.596. The van der Waals surface area contributed by atoms with Crippen molar-refractivity contribution in [1.82, 2.24) is 14.8 Å². The molecule has 2 N–H and O–H groups in total. The molecule has 5 fully saturated rings. The number of likely N-dealkylation sites (N-methyl/N-ethyl adjacent to an activating group) is 1. The van der Waals surface area contributed by atoms with Crippen molar-refractivity contribution in [3.8, 4) is 5.75 Å². The molecule has 0 radical (unpaired) electrons. The lowest BCUT2D eigenvalue weighted by atomic mass is 9.47. The topological polar surface area (TPSA) is 143 Å². The number of aromatic amines is 1. The third kappa shape index (κ3) is 4.08. The van der Waals surface area contributed by atoms with Gasteiger partial charge in [0.25, 0.3) is 0 Å². The fourth-order valence-electron chi connectivity index (χ4n) is 15.3. The van der Waals surface area contributed by atoms with E-state index in [9.17, 15) is 14.7 Å². The Morgan fingerprint density at radius 1 is 1.00 bits per heavy atom. The normalized spacial score (nSPS) is 40.4. The third-order valence-corrected chi connectivity index (χ3v) is 17.3. The molecule has 13 heteroatoms. The number of ether oxygens (including phenoxy) is 5. The molecule has 0 amide bonds. The molecule has 11 atom stereocenters. The van der Waals surface area contributed by atoms with E-state index in [1.807, 2.05) is 37.1 Å². The predicted molar refractivity (Wildman–Crippen MR) is 221 cm³/mol. The summed E-state index contributed by atoms with van der Waals surface area (Å²) in [6.07, 6.45) is 6.64. The molecule has 11 rings (SSSR count). The Morgan fingerprint density at radius 3 is 2.50 bits per heavy atom. The summed E-state index contributed by atoms with van der Waals surface area (Å²) in [5.74, 6) is -1.07. The lowest BCUT2D eigenvalue weighted by molar-refractivity contribution is -0.228. The molecule has 8 aliphatic rings. The van der Waals surface area contributed by atoms with Crippen molar-refractivity contribution in [2.75, 3.05) is 59.5 Å². The van der Waals surface area contributed by atoms with Crippen molar-refractivity contribution >= 4 is 34.5 Å². The van der Waals surface area contributed by atoms with Gasteiger partial charge in [-0.05, 0) is 74.2 Å². The van der Waals surface area contributed by atoms with Gasteiger partial charge in [0.2, 0.25) is 5.60 Å². The Hall–Kier alpha value is -4.43. The minimum atomic E-state index is -2.30. The number of methoxy groups -OCH3 is 3. The van der Waals surface area contributed by atoms with E-state index in [1.54, 1.807) is 7.11 Å². The first-order chi connectivity index (χ1) is 28.8. The number of carbonyl (C=O) groups is 3. The van der Waals surface area contributed by atoms with Gasteiger partial charge < -0.3 is 38.7 Å². The first-order valence-electron chi connectivity index (χ1n) is 21.8. The molecule has 1 aromatic heterocycles. The molecule has 11 unspecified atom stereocenters. The number of aromatic nitrogens is 1. The van der Waals surface area contributed by atoms with E-state index in [-0.39, 0.29) is 6.04 Å². The summed E-state index contributed by atoms with van der Waals surface area (Å²) in [4.78, 5) is 54.1. The molecule has 13 nitrogen and oxygen atoms in total. The quantitative estimate of drug-likeness (QED) is 0.201. The van der Waals surface area contributed by atoms with Gasteiger partial charge in [0.15, 0.2) is 11.5 Å². The Labute approximate surface area is 350 Å². The highest BCUT2D eigenvalue weighted by atomic mass is 16.6.